The predicted molar refractivity (Wildman–Crippen MR) is 173 cm³/mol. The lowest BCUT2D eigenvalue weighted by Crippen LogP contribution is -2.49. The first-order chi connectivity index (χ1) is 21.9. The Balaban J connectivity index is 0.971. The second-order valence-corrected chi connectivity index (χ2v) is 11.9. The molecule has 9 heteroatoms. The van der Waals surface area contributed by atoms with Crippen LogP contribution in [0, 0.1) is 5.92 Å². The molecule has 5 rings (SSSR count). The average Bonchev–Trinajstić information content (AvgIpc) is 3.62. The fraction of sp³-hybridized carbons (Fsp3) is 0.417. The molecule has 2 heterocycles. The van der Waals surface area contributed by atoms with Crippen LogP contribution in [0.15, 0.2) is 84.9 Å². The summed E-state index contributed by atoms with van der Waals surface area (Å²) >= 11 is 0. The maximum Gasteiger partial charge on any atom is 0.261 e. The third kappa shape index (κ3) is 7.34. The molecule has 0 aliphatic carbocycles. The summed E-state index contributed by atoms with van der Waals surface area (Å²) in [5.41, 5.74) is 8.20. The number of nitrogens with two attached hydrogens (primary N) is 1. The first-order valence-corrected chi connectivity index (χ1v) is 15.9. The van der Waals surface area contributed by atoms with Crippen molar-refractivity contribution in [3.63, 3.8) is 0 Å². The van der Waals surface area contributed by atoms with Gasteiger partial charge in [0.05, 0.1) is 37.6 Å². The SMILES string of the molecule is CN(CCCN1C(=O)c2ccccc2C1=O)CCOCCOCCN1CCC(C(C(N)=O)(c2ccccc2)c2ccccc2)C1. The van der Waals surface area contributed by atoms with Gasteiger partial charge >= 0.3 is 0 Å². The molecule has 1 fully saturated rings. The number of hydrogen-bond donors (Lipinski definition) is 1. The maximum absolute atomic E-state index is 13.2. The minimum Gasteiger partial charge on any atom is -0.378 e. The standard InChI is InChI=1S/C36H44N4O5/c1-38(18-10-19-40-33(41)31-15-8-9-16-32(31)34(40)42)21-23-44-25-26-45-24-22-39-20-17-30(27-39)36(35(37)43,28-11-4-2-5-12-28)29-13-6-3-7-14-29/h2-9,11-16,30H,10,17-27H2,1H3,(H2,37,43). The van der Waals surface area contributed by atoms with Gasteiger partial charge < -0.3 is 25.0 Å². The van der Waals surface area contributed by atoms with Crippen LogP contribution in [0.2, 0.25) is 0 Å². The van der Waals surface area contributed by atoms with Crippen LogP contribution in [0.5, 0.6) is 0 Å². The molecule has 0 aromatic heterocycles. The zero-order chi connectivity index (χ0) is 31.6. The Hall–Kier alpha value is -3.89. The van der Waals surface area contributed by atoms with Crippen molar-refractivity contribution in [2.24, 2.45) is 11.7 Å². The van der Waals surface area contributed by atoms with Crippen molar-refractivity contribution in [1.82, 2.24) is 14.7 Å². The van der Waals surface area contributed by atoms with Crippen molar-refractivity contribution in [3.05, 3.63) is 107 Å². The fourth-order valence-corrected chi connectivity index (χ4v) is 6.70. The van der Waals surface area contributed by atoms with Crippen molar-refractivity contribution >= 4 is 17.7 Å². The molecule has 0 saturated carbocycles. The summed E-state index contributed by atoms with van der Waals surface area (Å²) in [7, 11) is 2.01. The maximum atomic E-state index is 13.2. The van der Waals surface area contributed by atoms with Crippen molar-refractivity contribution in [2.45, 2.75) is 18.3 Å². The lowest BCUT2D eigenvalue weighted by molar-refractivity contribution is -0.123. The van der Waals surface area contributed by atoms with Gasteiger partial charge in [0.25, 0.3) is 11.8 Å². The van der Waals surface area contributed by atoms with Gasteiger partial charge in [0.2, 0.25) is 5.91 Å². The topological polar surface area (TPSA) is 105 Å². The molecule has 2 aliphatic heterocycles. The minimum atomic E-state index is -0.881. The minimum absolute atomic E-state index is 0.0627. The van der Waals surface area contributed by atoms with Gasteiger partial charge in [-0.3, -0.25) is 19.3 Å². The highest BCUT2D eigenvalue weighted by molar-refractivity contribution is 6.21. The molecular formula is C36H44N4O5. The van der Waals surface area contributed by atoms with Crippen LogP contribution in [0.25, 0.3) is 0 Å². The lowest BCUT2D eigenvalue weighted by Gasteiger charge is -2.37. The van der Waals surface area contributed by atoms with Gasteiger partial charge in [-0.2, -0.15) is 0 Å². The monoisotopic (exact) mass is 612 g/mol. The van der Waals surface area contributed by atoms with Crippen LogP contribution in [0.1, 0.15) is 44.7 Å². The zero-order valence-corrected chi connectivity index (χ0v) is 26.1. The van der Waals surface area contributed by atoms with Crippen molar-refractivity contribution in [2.75, 3.05) is 72.7 Å². The number of carbonyl (C=O) groups excluding carboxylic acids is 3. The number of benzene rings is 3. The summed E-state index contributed by atoms with van der Waals surface area (Å²) in [5, 5.41) is 0. The third-order valence-corrected chi connectivity index (χ3v) is 9.07. The summed E-state index contributed by atoms with van der Waals surface area (Å²) in [5.74, 6) is -0.658. The lowest BCUT2D eigenvalue weighted by atomic mass is 9.64. The molecule has 1 atom stereocenters. The number of primary amides is 1. The van der Waals surface area contributed by atoms with E-state index in [0.29, 0.717) is 50.5 Å². The van der Waals surface area contributed by atoms with E-state index in [1.54, 1.807) is 24.3 Å². The summed E-state index contributed by atoms with van der Waals surface area (Å²) in [4.78, 5) is 44.1. The number of nitrogens with zero attached hydrogens (tertiary/aromatic N) is 3. The highest BCUT2D eigenvalue weighted by Gasteiger charge is 2.49. The Morgan fingerprint density at radius 3 is 1.93 bits per heavy atom. The molecule has 238 valence electrons. The highest BCUT2D eigenvalue weighted by atomic mass is 16.5. The molecule has 1 unspecified atom stereocenters. The molecule has 9 nitrogen and oxygen atoms in total. The van der Waals surface area contributed by atoms with E-state index < -0.39 is 5.41 Å². The van der Waals surface area contributed by atoms with E-state index >= 15 is 0 Å². The van der Waals surface area contributed by atoms with Crippen molar-refractivity contribution < 1.29 is 23.9 Å². The van der Waals surface area contributed by atoms with Crippen LogP contribution >= 0.6 is 0 Å². The molecule has 3 aromatic carbocycles. The van der Waals surface area contributed by atoms with Crippen LogP contribution in [0.4, 0.5) is 0 Å². The number of ether oxygens (including phenoxy) is 2. The molecular weight excluding hydrogens is 568 g/mol. The molecule has 2 N–H and O–H groups in total. The molecule has 0 bridgehead atoms. The second-order valence-electron chi connectivity index (χ2n) is 11.9. The van der Waals surface area contributed by atoms with E-state index in [0.717, 1.165) is 50.3 Å². The van der Waals surface area contributed by atoms with Crippen LogP contribution < -0.4 is 5.73 Å². The van der Waals surface area contributed by atoms with Gasteiger partial charge in [-0.05, 0) is 62.2 Å². The number of fused-ring (bicyclic) bond motifs is 1. The molecule has 3 amide bonds. The number of likely N-dealkylation sites (N-methyl/N-ethyl adjacent to an activating group) is 1. The molecule has 0 spiro atoms. The normalized spacial score (nSPS) is 16.9. The summed E-state index contributed by atoms with van der Waals surface area (Å²) in [6.45, 7) is 6.55. The summed E-state index contributed by atoms with van der Waals surface area (Å²) in [6, 6.07) is 26.8. The second kappa shape index (κ2) is 15.4. The van der Waals surface area contributed by atoms with Gasteiger partial charge in [0.1, 0.15) is 5.41 Å². The van der Waals surface area contributed by atoms with Gasteiger partial charge in [0.15, 0.2) is 0 Å². The van der Waals surface area contributed by atoms with Gasteiger partial charge in [0, 0.05) is 26.2 Å². The first kappa shape index (κ1) is 32.5. The fourth-order valence-electron chi connectivity index (χ4n) is 6.70. The Morgan fingerprint density at radius 2 is 1.36 bits per heavy atom. The Bertz CT molecular complexity index is 1360. The van der Waals surface area contributed by atoms with E-state index in [1.807, 2.05) is 67.7 Å². The average molecular weight is 613 g/mol. The smallest absolute Gasteiger partial charge is 0.261 e. The number of rotatable bonds is 17. The number of hydrogen-bond acceptors (Lipinski definition) is 7. The van der Waals surface area contributed by atoms with Gasteiger partial charge in [-0.1, -0.05) is 72.8 Å². The molecule has 1 saturated heterocycles. The molecule has 2 aliphatic rings. The predicted octanol–water partition coefficient (Wildman–Crippen LogP) is 3.43. The van der Waals surface area contributed by atoms with Crippen LogP contribution in [-0.4, -0.2) is 105 Å². The van der Waals surface area contributed by atoms with Gasteiger partial charge in [-0.15, -0.1) is 0 Å². The molecule has 0 radical (unpaired) electrons. The number of carbonyl (C=O) groups is 3. The van der Waals surface area contributed by atoms with Crippen molar-refractivity contribution in [1.29, 1.82) is 0 Å². The summed E-state index contributed by atoms with van der Waals surface area (Å²) < 4.78 is 11.6. The van der Waals surface area contributed by atoms with Crippen molar-refractivity contribution in [3.8, 4) is 0 Å². The third-order valence-electron chi connectivity index (χ3n) is 9.07. The van der Waals surface area contributed by atoms with Crippen LogP contribution in [-0.2, 0) is 19.7 Å². The van der Waals surface area contributed by atoms with E-state index in [-0.39, 0.29) is 23.6 Å². The Labute approximate surface area is 265 Å². The zero-order valence-electron chi connectivity index (χ0n) is 26.1. The van der Waals surface area contributed by atoms with E-state index in [2.05, 4.69) is 9.80 Å². The number of likely N-dealkylation sites (tertiary alicyclic amines) is 1. The number of amides is 3. The quantitative estimate of drug-likeness (QED) is 0.184. The van der Waals surface area contributed by atoms with E-state index in [1.165, 1.54) is 4.90 Å². The molecule has 45 heavy (non-hydrogen) atoms. The summed E-state index contributed by atoms with van der Waals surface area (Å²) in [6.07, 6.45) is 1.58. The Kier molecular flexibility index (Phi) is 11.1. The van der Waals surface area contributed by atoms with Gasteiger partial charge in [-0.25, -0.2) is 0 Å². The molecule has 3 aromatic rings. The van der Waals surface area contributed by atoms with E-state index in [9.17, 15) is 14.4 Å². The first-order valence-electron chi connectivity index (χ1n) is 15.9. The highest BCUT2D eigenvalue weighted by Crippen LogP contribution is 2.43. The Morgan fingerprint density at radius 1 is 0.800 bits per heavy atom. The van der Waals surface area contributed by atoms with E-state index in [4.69, 9.17) is 15.2 Å². The number of imide groups is 1. The largest absolute Gasteiger partial charge is 0.378 e. The van der Waals surface area contributed by atoms with Crippen LogP contribution in [0.3, 0.4) is 0 Å².